The van der Waals surface area contributed by atoms with Crippen LogP contribution in [0.25, 0.3) is 0 Å². The van der Waals surface area contributed by atoms with E-state index >= 15 is 0 Å². The maximum absolute atomic E-state index is 11.9. The summed E-state index contributed by atoms with van der Waals surface area (Å²) in [5.74, 6) is -1.82. The average molecular weight is 336 g/mol. The van der Waals surface area contributed by atoms with Crippen molar-refractivity contribution in [2.75, 3.05) is 20.2 Å². The number of aromatic hydroxyl groups is 1. The number of amides is 2. The van der Waals surface area contributed by atoms with Crippen molar-refractivity contribution in [3.05, 3.63) is 29.3 Å². The van der Waals surface area contributed by atoms with Gasteiger partial charge in [0, 0.05) is 12.6 Å². The lowest BCUT2D eigenvalue weighted by molar-refractivity contribution is -0.137. The van der Waals surface area contributed by atoms with Crippen molar-refractivity contribution in [3.63, 3.8) is 0 Å². The summed E-state index contributed by atoms with van der Waals surface area (Å²) in [4.78, 5) is 36.7. The number of esters is 1. The first kappa shape index (κ1) is 19.5. The fraction of sp³-hybridized carbons (Fsp3) is 0.471. The van der Waals surface area contributed by atoms with Crippen molar-refractivity contribution in [3.8, 4) is 5.75 Å². The summed E-state index contributed by atoms with van der Waals surface area (Å²) in [6, 6.07) is 4.51. The molecule has 1 aromatic rings. The zero-order valence-corrected chi connectivity index (χ0v) is 14.7. The first-order valence-electron chi connectivity index (χ1n) is 7.51. The molecule has 0 aliphatic rings. The minimum atomic E-state index is -0.798. The second kappa shape index (κ2) is 7.81. The van der Waals surface area contributed by atoms with Gasteiger partial charge in [-0.1, -0.05) is 6.07 Å². The molecule has 0 aliphatic carbocycles. The quantitative estimate of drug-likeness (QED) is 0.789. The summed E-state index contributed by atoms with van der Waals surface area (Å²) in [5, 5.41) is 12.4. The Balaban J connectivity index is 2.53. The molecule has 2 N–H and O–H groups in total. The molecule has 0 radical (unpaired) electrons. The van der Waals surface area contributed by atoms with Gasteiger partial charge in [-0.25, -0.2) is 4.79 Å². The molecular formula is C17H24N2O5. The van der Waals surface area contributed by atoms with Crippen LogP contribution in [0.5, 0.6) is 5.75 Å². The van der Waals surface area contributed by atoms with Gasteiger partial charge in [0.25, 0.3) is 5.91 Å². The number of rotatable bonds is 5. The normalized spacial score (nSPS) is 10.9. The van der Waals surface area contributed by atoms with Gasteiger partial charge in [-0.05, 0) is 45.4 Å². The predicted octanol–water partition coefficient (Wildman–Crippen LogP) is 1.23. The number of phenols is 1. The molecular weight excluding hydrogens is 312 g/mol. The molecule has 24 heavy (non-hydrogen) atoms. The van der Waals surface area contributed by atoms with Crippen LogP contribution in [-0.4, -0.2) is 53.5 Å². The van der Waals surface area contributed by atoms with Crippen molar-refractivity contribution < 1.29 is 24.2 Å². The SMILES string of the molecule is Cc1ccc(C(=O)OCC(=O)N(C)CC(=O)NC(C)(C)C)c(O)c1. The summed E-state index contributed by atoms with van der Waals surface area (Å²) in [5.41, 5.74) is 0.391. The van der Waals surface area contributed by atoms with Gasteiger partial charge in [0.1, 0.15) is 11.3 Å². The van der Waals surface area contributed by atoms with Crippen molar-refractivity contribution in [2.45, 2.75) is 33.2 Å². The summed E-state index contributed by atoms with van der Waals surface area (Å²) in [6.45, 7) is 6.64. The third-order valence-corrected chi connectivity index (χ3v) is 3.02. The third kappa shape index (κ3) is 6.28. The molecule has 0 unspecified atom stereocenters. The van der Waals surface area contributed by atoms with Crippen LogP contribution in [0.1, 0.15) is 36.7 Å². The van der Waals surface area contributed by atoms with E-state index in [1.54, 1.807) is 13.0 Å². The van der Waals surface area contributed by atoms with E-state index in [4.69, 9.17) is 4.74 Å². The number of phenolic OH excluding ortho intramolecular Hbond substituents is 1. The average Bonchev–Trinajstić information content (AvgIpc) is 2.42. The number of aryl methyl sites for hydroxylation is 1. The van der Waals surface area contributed by atoms with Gasteiger partial charge in [0.15, 0.2) is 6.61 Å². The monoisotopic (exact) mass is 336 g/mol. The highest BCUT2D eigenvalue weighted by molar-refractivity contribution is 5.94. The van der Waals surface area contributed by atoms with Gasteiger partial charge in [-0.15, -0.1) is 0 Å². The highest BCUT2D eigenvalue weighted by atomic mass is 16.5. The second-order valence-electron chi connectivity index (χ2n) is 6.64. The standard InChI is InChI=1S/C17H24N2O5/c1-11-6-7-12(13(20)8-11)16(23)24-10-15(22)19(5)9-14(21)18-17(2,3)4/h6-8,20H,9-10H2,1-5H3,(H,18,21). The number of hydrogen-bond donors (Lipinski definition) is 2. The number of carbonyl (C=O) groups excluding carboxylic acids is 3. The Labute approximate surface area is 141 Å². The Hall–Kier alpha value is -2.57. The van der Waals surface area contributed by atoms with Gasteiger partial charge in [0.2, 0.25) is 5.91 Å². The predicted molar refractivity (Wildman–Crippen MR) is 88.7 cm³/mol. The molecule has 1 rings (SSSR count). The van der Waals surface area contributed by atoms with Crippen LogP contribution >= 0.6 is 0 Å². The lowest BCUT2D eigenvalue weighted by atomic mass is 10.1. The summed E-state index contributed by atoms with van der Waals surface area (Å²) >= 11 is 0. The molecule has 0 saturated carbocycles. The second-order valence-corrected chi connectivity index (χ2v) is 6.64. The van der Waals surface area contributed by atoms with Crippen LogP contribution < -0.4 is 5.32 Å². The van der Waals surface area contributed by atoms with Crippen LogP contribution in [0.3, 0.4) is 0 Å². The third-order valence-electron chi connectivity index (χ3n) is 3.02. The zero-order chi connectivity index (χ0) is 18.5. The van der Waals surface area contributed by atoms with Crippen LogP contribution in [0, 0.1) is 6.92 Å². The molecule has 0 bridgehead atoms. The Bertz CT molecular complexity index is 634. The number of nitrogens with one attached hydrogen (secondary N) is 1. The maximum atomic E-state index is 11.9. The molecule has 0 spiro atoms. The minimum absolute atomic E-state index is 0.0125. The summed E-state index contributed by atoms with van der Waals surface area (Å²) in [6.07, 6.45) is 0. The van der Waals surface area contributed by atoms with Gasteiger partial charge >= 0.3 is 5.97 Å². The van der Waals surface area contributed by atoms with E-state index in [9.17, 15) is 19.5 Å². The van der Waals surface area contributed by atoms with E-state index in [0.717, 1.165) is 5.56 Å². The molecule has 132 valence electrons. The smallest absolute Gasteiger partial charge is 0.342 e. The molecule has 0 heterocycles. The highest BCUT2D eigenvalue weighted by Crippen LogP contribution is 2.19. The zero-order valence-electron chi connectivity index (χ0n) is 14.7. The number of nitrogens with zero attached hydrogens (tertiary/aromatic N) is 1. The molecule has 0 aromatic heterocycles. The Morgan fingerprint density at radius 3 is 2.42 bits per heavy atom. The summed E-state index contributed by atoms with van der Waals surface area (Å²) in [7, 11) is 1.45. The van der Waals surface area contributed by atoms with Crippen LogP contribution in [0.4, 0.5) is 0 Å². The highest BCUT2D eigenvalue weighted by Gasteiger charge is 2.20. The van der Waals surface area contributed by atoms with E-state index in [1.807, 2.05) is 20.8 Å². The summed E-state index contributed by atoms with van der Waals surface area (Å²) < 4.78 is 4.89. The van der Waals surface area contributed by atoms with Gasteiger partial charge in [-0.2, -0.15) is 0 Å². The van der Waals surface area contributed by atoms with Gasteiger partial charge in [-0.3, -0.25) is 9.59 Å². The first-order chi connectivity index (χ1) is 11.0. The number of likely N-dealkylation sites (N-methyl/N-ethyl adjacent to an activating group) is 1. The van der Waals surface area contributed by atoms with E-state index in [0.29, 0.717) is 0 Å². The van der Waals surface area contributed by atoms with Gasteiger partial charge in [0.05, 0.1) is 6.54 Å². The van der Waals surface area contributed by atoms with E-state index in [-0.39, 0.29) is 23.8 Å². The Kier molecular flexibility index (Phi) is 6.34. The lowest BCUT2D eigenvalue weighted by Crippen LogP contribution is -2.46. The van der Waals surface area contributed by atoms with Crippen LogP contribution in [0.2, 0.25) is 0 Å². The number of benzene rings is 1. The van der Waals surface area contributed by atoms with Crippen molar-refractivity contribution in [1.29, 1.82) is 0 Å². The number of carbonyl (C=O) groups is 3. The van der Waals surface area contributed by atoms with Crippen molar-refractivity contribution >= 4 is 17.8 Å². The largest absolute Gasteiger partial charge is 0.507 e. The molecule has 1 aromatic carbocycles. The molecule has 0 saturated heterocycles. The molecule has 0 atom stereocenters. The molecule has 0 aliphatic heterocycles. The Morgan fingerprint density at radius 2 is 1.88 bits per heavy atom. The maximum Gasteiger partial charge on any atom is 0.342 e. The molecule has 7 heteroatoms. The molecule has 0 fully saturated rings. The van der Waals surface area contributed by atoms with E-state index in [2.05, 4.69) is 5.32 Å². The fourth-order valence-corrected chi connectivity index (χ4v) is 1.89. The number of ether oxygens (including phenoxy) is 1. The van der Waals surface area contributed by atoms with Crippen LogP contribution in [-0.2, 0) is 14.3 Å². The minimum Gasteiger partial charge on any atom is -0.507 e. The topological polar surface area (TPSA) is 95.9 Å². The van der Waals surface area contributed by atoms with E-state index in [1.165, 1.54) is 24.1 Å². The van der Waals surface area contributed by atoms with Crippen LogP contribution in [0.15, 0.2) is 18.2 Å². The lowest BCUT2D eigenvalue weighted by Gasteiger charge is -2.23. The van der Waals surface area contributed by atoms with E-state index < -0.39 is 24.0 Å². The Morgan fingerprint density at radius 1 is 1.25 bits per heavy atom. The van der Waals surface area contributed by atoms with Crippen molar-refractivity contribution in [1.82, 2.24) is 10.2 Å². The molecule has 2 amide bonds. The fourth-order valence-electron chi connectivity index (χ4n) is 1.89. The van der Waals surface area contributed by atoms with Crippen molar-refractivity contribution in [2.24, 2.45) is 0 Å². The van der Waals surface area contributed by atoms with Gasteiger partial charge < -0.3 is 20.1 Å². The first-order valence-corrected chi connectivity index (χ1v) is 7.51. The number of hydrogen-bond acceptors (Lipinski definition) is 5. The molecule has 7 nitrogen and oxygen atoms in total.